The smallest absolute Gasteiger partial charge is 0.167 e. The molecule has 0 amide bonds. The Morgan fingerprint density at radius 3 is 2.58 bits per heavy atom. The van der Waals surface area contributed by atoms with Crippen molar-refractivity contribution in [2.24, 2.45) is 11.3 Å². The van der Waals surface area contributed by atoms with Gasteiger partial charge in [-0.3, -0.25) is 4.79 Å². The van der Waals surface area contributed by atoms with Gasteiger partial charge in [-0.15, -0.1) is 0 Å². The topological polar surface area (TPSA) is 17.1 Å². The Labute approximate surface area is 114 Å². The molecule has 0 N–H and O–H groups in total. The van der Waals surface area contributed by atoms with E-state index in [9.17, 15) is 4.79 Å². The van der Waals surface area contributed by atoms with E-state index in [0.717, 1.165) is 29.2 Å². The number of hydrogen-bond acceptors (Lipinski definition) is 1. The summed E-state index contributed by atoms with van der Waals surface area (Å²) < 4.78 is 0. The van der Waals surface area contributed by atoms with Crippen molar-refractivity contribution in [3.8, 4) is 0 Å². The van der Waals surface area contributed by atoms with E-state index in [1.54, 1.807) is 0 Å². The molecule has 0 aromatic heterocycles. The average molecular weight is 252 g/mol. The quantitative estimate of drug-likeness (QED) is 0.698. The molecule has 1 aliphatic carbocycles. The van der Waals surface area contributed by atoms with Crippen molar-refractivity contribution >= 4 is 16.6 Å². The maximum Gasteiger partial charge on any atom is 0.167 e. The third kappa shape index (κ3) is 2.07. The highest BCUT2D eigenvalue weighted by Gasteiger charge is 2.39. The highest BCUT2D eigenvalue weighted by atomic mass is 16.1. The maximum absolute atomic E-state index is 12.9. The van der Waals surface area contributed by atoms with Gasteiger partial charge in [-0.25, -0.2) is 0 Å². The molecular weight excluding hydrogens is 232 g/mol. The second-order valence-electron chi connectivity index (χ2n) is 6.32. The zero-order valence-corrected chi connectivity index (χ0v) is 11.6. The van der Waals surface area contributed by atoms with Gasteiger partial charge in [0.05, 0.1) is 0 Å². The lowest BCUT2D eigenvalue weighted by atomic mass is 9.77. The lowest BCUT2D eigenvalue weighted by molar-refractivity contribution is 0.0841. The molecule has 19 heavy (non-hydrogen) atoms. The molecule has 0 spiro atoms. The minimum Gasteiger partial charge on any atom is -0.294 e. The van der Waals surface area contributed by atoms with Gasteiger partial charge in [0.1, 0.15) is 0 Å². The Morgan fingerprint density at radius 2 is 1.84 bits per heavy atom. The highest BCUT2D eigenvalue weighted by molar-refractivity contribution is 6.09. The number of carbonyl (C=O) groups excluding carboxylic acids is 1. The predicted octanol–water partition coefficient (Wildman–Crippen LogP) is 4.85. The summed E-state index contributed by atoms with van der Waals surface area (Å²) in [6.45, 7) is 4.46. The van der Waals surface area contributed by atoms with Crippen LogP contribution in [0.3, 0.4) is 0 Å². The third-order valence-corrected chi connectivity index (χ3v) is 4.63. The molecule has 0 heterocycles. The van der Waals surface area contributed by atoms with Crippen LogP contribution in [0.1, 0.15) is 43.5 Å². The van der Waals surface area contributed by atoms with E-state index in [4.69, 9.17) is 0 Å². The molecule has 0 saturated heterocycles. The summed E-state index contributed by atoms with van der Waals surface area (Å²) in [5, 5.41) is 2.25. The van der Waals surface area contributed by atoms with E-state index in [0.29, 0.717) is 5.78 Å². The van der Waals surface area contributed by atoms with Crippen LogP contribution < -0.4 is 0 Å². The summed E-state index contributed by atoms with van der Waals surface area (Å²) in [6.07, 6.45) is 3.37. The molecule has 0 radical (unpaired) electrons. The van der Waals surface area contributed by atoms with Gasteiger partial charge >= 0.3 is 0 Å². The number of carbonyl (C=O) groups is 1. The van der Waals surface area contributed by atoms with Crippen LogP contribution in [0.15, 0.2) is 42.5 Å². The van der Waals surface area contributed by atoms with Gasteiger partial charge in [-0.05, 0) is 29.0 Å². The Balaban J connectivity index is 2.07. The van der Waals surface area contributed by atoms with Crippen LogP contribution in [-0.4, -0.2) is 5.78 Å². The molecule has 1 atom stereocenters. The van der Waals surface area contributed by atoms with Gasteiger partial charge in [-0.2, -0.15) is 0 Å². The number of hydrogen-bond donors (Lipinski definition) is 0. The van der Waals surface area contributed by atoms with Crippen LogP contribution in [0.25, 0.3) is 10.8 Å². The molecule has 1 heteroatoms. The summed E-state index contributed by atoms with van der Waals surface area (Å²) >= 11 is 0. The average Bonchev–Trinajstić information content (AvgIpc) is 2.77. The number of fused-ring (bicyclic) bond motifs is 1. The Hall–Kier alpha value is -1.63. The molecule has 1 unspecified atom stereocenters. The Morgan fingerprint density at radius 1 is 1.11 bits per heavy atom. The van der Waals surface area contributed by atoms with Gasteiger partial charge in [0.25, 0.3) is 0 Å². The standard InChI is InChI=1S/C18H20O/c1-18(2)12-6-11-16(18)17(19)15-10-5-8-13-7-3-4-9-14(13)15/h3-5,7-10,16H,6,11-12H2,1-2H3. The van der Waals surface area contributed by atoms with Crippen LogP contribution in [0.2, 0.25) is 0 Å². The van der Waals surface area contributed by atoms with Crippen molar-refractivity contribution in [3.63, 3.8) is 0 Å². The van der Waals surface area contributed by atoms with E-state index in [1.807, 2.05) is 24.3 Å². The first-order valence-electron chi connectivity index (χ1n) is 7.11. The first-order valence-corrected chi connectivity index (χ1v) is 7.11. The fraction of sp³-hybridized carbons (Fsp3) is 0.389. The number of benzene rings is 2. The van der Waals surface area contributed by atoms with E-state index in [2.05, 4.69) is 32.0 Å². The first kappa shape index (κ1) is 12.4. The summed E-state index contributed by atoms with van der Waals surface area (Å²) in [4.78, 5) is 12.9. The summed E-state index contributed by atoms with van der Waals surface area (Å²) in [5.74, 6) is 0.512. The minimum absolute atomic E-state index is 0.147. The van der Waals surface area contributed by atoms with Crippen molar-refractivity contribution in [2.45, 2.75) is 33.1 Å². The van der Waals surface area contributed by atoms with Crippen molar-refractivity contribution in [2.75, 3.05) is 0 Å². The van der Waals surface area contributed by atoms with E-state index < -0.39 is 0 Å². The maximum atomic E-state index is 12.9. The van der Waals surface area contributed by atoms with Crippen molar-refractivity contribution in [3.05, 3.63) is 48.0 Å². The monoisotopic (exact) mass is 252 g/mol. The van der Waals surface area contributed by atoms with Gasteiger partial charge in [0.15, 0.2) is 5.78 Å². The van der Waals surface area contributed by atoms with Crippen LogP contribution in [0.4, 0.5) is 0 Å². The number of Topliss-reactive ketones (excluding diaryl/α,β-unsaturated/α-hetero) is 1. The highest BCUT2D eigenvalue weighted by Crippen LogP contribution is 2.44. The second kappa shape index (κ2) is 4.48. The Bertz CT molecular complexity index is 619. The third-order valence-electron chi connectivity index (χ3n) is 4.63. The zero-order valence-electron chi connectivity index (χ0n) is 11.6. The van der Waals surface area contributed by atoms with Crippen LogP contribution in [0.5, 0.6) is 0 Å². The molecule has 3 rings (SSSR count). The van der Waals surface area contributed by atoms with Gasteiger partial charge in [-0.1, -0.05) is 62.7 Å². The molecule has 0 bridgehead atoms. The molecule has 0 aliphatic heterocycles. The molecule has 2 aromatic rings. The van der Waals surface area contributed by atoms with Crippen molar-refractivity contribution < 1.29 is 4.79 Å². The van der Waals surface area contributed by atoms with Crippen molar-refractivity contribution in [1.82, 2.24) is 0 Å². The minimum atomic E-state index is 0.147. The number of ketones is 1. The van der Waals surface area contributed by atoms with E-state index >= 15 is 0 Å². The van der Waals surface area contributed by atoms with E-state index in [1.165, 1.54) is 6.42 Å². The van der Waals surface area contributed by atoms with E-state index in [-0.39, 0.29) is 11.3 Å². The van der Waals surface area contributed by atoms with Gasteiger partial charge in [0, 0.05) is 11.5 Å². The Kier molecular flexibility index (Phi) is 2.93. The lowest BCUT2D eigenvalue weighted by Crippen LogP contribution is -2.26. The van der Waals surface area contributed by atoms with Gasteiger partial charge < -0.3 is 0 Å². The lowest BCUT2D eigenvalue weighted by Gasteiger charge is -2.26. The predicted molar refractivity (Wildman–Crippen MR) is 79.4 cm³/mol. The molecule has 1 aliphatic rings. The van der Waals surface area contributed by atoms with Gasteiger partial charge in [0.2, 0.25) is 0 Å². The molecule has 1 saturated carbocycles. The van der Waals surface area contributed by atoms with Crippen LogP contribution in [0, 0.1) is 11.3 Å². The molecule has 2 aromatic carbocycles. The first-order chi connectivity index (χ1) is 9.09. The van der Waals surface area contributed by atoms with Crippen molar-refractivity contribution in [1.29, 1.82) is 0 Å². The molecule has 1 fully saturated rings. The normalized spacial score (nSPS) is 21.7. The summed E-state index contributed by atoms with van der Waals surface area (Å²) in [6, 6.07) is 14.2. The molecule has 98 valence electrons. The van der Waals surface area contributed by atoms with Crippen LogP contribution in [-0.2, 0) is 0 Å². The fourth-order valence-electron chi connectivity index (χ4n) is 3.44. The molecule has 1 nitrogen and oxygen atoms in total. The SMILES string of the molecule is CC1(C)CCCC1C(=O)c1cccc2ccccc12. The fourth-order valence-corrected chi connectivity index (χ4v) is 3.44. The largest absolute Gasteiger partial charge is 0.294 e. The summed E-state index contributed by atoms with van der Waals surface area (Å²) in [7, 11) is 0. The zero-order chi connectivity index (χ0) is 13.5. The van der Waals surface area contributed by atoms with Crippen LogP contribution >= 0.6 is 0 Å². The summed E-state index contributed by atoms with van der Waals surface area (Å²) in [5.41, 5.74) is 1.05. The second-order valence-corrected chi connectivity index (χ2v) is 6.32. The number of rotatable bonds is 2. The molecular formula is C18H20O.